The van der Waals surface area contributed by atoms with E-state index in [-0.39, 0.29) is 23.2 Å². The molecule has 28 heavy (non-hydrogen) atoms. The fraction of sp³-hybridized carbons (Fsp3) is 0.261. The molecule has 1 fully saturated rings. The lowest BCUT2D eigenvalue weighted by molar-refractivity contribution is -0.149. The van der Waals surface area contributed by atoms with Gasteiger partial charge in [0.15, 0.2) is 0 Å². The van der Waals surface area contributed by atoms with Crippen molar-refractivity contribution < 1.29 is 9.53 Å². The fourth-order valence-corrected chi connectivity index (χ4v) is 4.88. The Bertz CT molecular complexity index is 888. The lowest BCUT2D eigenvalue weighted by Gasteiger charge is -2.16. The summed E-state index contributed by atoms with van der Waals surface area (Å²) in [6.07, 6.45) is 3.24. The van der Waals surface area contributed by atoms with Crippen LogP contribution in [0.4, 0.5) is 0 Å². The van der Waals surface area contributed by atoms with Gasteiger partial charge in [0.25, 0.3) is 0 Å². The number of carbonyl (C=O) groups excluding carboxylic acids is 1. The summed E-state index contributed by atoms with van der Waals surface area (Å²) in [5, 5.41) is 0. The molecule has 1 aliphatic carbocycles. The molecule has 0 radical (unpaired) electrons. The molecule has 3 atom stereocenters. The van der Waals surface area contributed by atoms with E-state index in [0.29, 0.717) is 0 Å². The van der Waals surface area contributed by atoms with Crippen LogP contribution in [0, 0.1) is 17.3 Å². The maximum atomic E-state index is 12.8. The summed E-state index contributed by atoms with van der Waals surface area (Å²) in [6.45, 7) is 8.05. The van der Waals surface area contributed by atoms with E-state index in [9.17, 15) is 4.79 Å². The predicted octanol–water partition coefficient (Wildman–Crippen LogP) is 7.51. The molecule has 2 aromatic carbocycles. The van der Waals surface area contributed by atoms with E-state index in [1.54, 1.807) is 17.8 Å². The number of carbonyl (C=O) groups is 1. The number of hydrogen-bond acceptors (Lipinski definition) is 3. The molecule has 146 valence electrons. The fourth-order valence-electron chi connectivity index (χ4n) is 3.40. The van der Waals surface area contributed by atoms with E-state index in [1.807, 2.05) is 36.4 Å². The second-order valence-corrected chi connectivity index (χ2v) is 11.3. The standard InChI is InChI=1S/C23H22Br2O2S/c1-4-19(27-22(26)21-18(14-20(24)25)23(21,2)3)15-9-8-12-17(13-15)28-16-10-6-5-7-11-16/h4-14,18-19,21H,1H2,2-3H3. The Balaban J connectivity index is 1.72. The minimum Gasteiger partial charge on any atom is -0.453 e. The topological polar surface area (TPSA) is 26.3 Å². The Morgan fingerprint density at radius 3 is 2.46 bits per heavy atom. The quantitative estimate of drug-likeness (QED) is 0.278. The van der Waals surface area contributed by atoms with Crippen LogP contribution in [0.15, 0.2) is 86.5 Å². The van der Waals surface area contributed by atoms with Crippen molar-refractivity contribution in [2.45, 2.75) is 29.7 Å². The lowest BCUT2D eigenvalue weighted by atomic mass is 10.1. The zero-order valence-corrected chi connectivity index (χ0v) is 19.8. The Kier molecular flexibility index (Phi) is 6.89. The van der Waals surface area contributed by atoms with Crippen LogP contribution in [-0.4, -0.2) is 5.97 Å². The molecule has 0 heterocycles. The first-order valence-electron chi connectivity index (χ1n) is 9.01. The molecule has 0 N–H and O–H groups in total. The van der Waals surface area contributed by atoms with E-state index in [1.165, 1.54) is 4.90 Å². The molecule has 0 bridgehead atoms. The number of esters is 1. The van der Waals surface area contributed by atoms with Crippen molar-refractivity contribution in [3.8, 4) is 0 Å². The summed E-state index contributed by atoms with van der Waals surface area (Å²) in [6, 6.07) is 18.3. The molecular weight excluding hydrogens is 500 g/mol. The van der Waals surface area contributed by atoms with Crippen molar-refractivity contribution in [3.63, 3.8) is 0 Å². The first-order valence-corrected chi connectivity index (χ1v) is 11.4. The second kappa shape index (κ2) is 9.02. The minimum atomic E-state index is -0.461. The molecular formula is C23H22Br2O2S. The van der Waals surface area contributed by atoms with Gasteiger partial charge in [0, 0.05) is 9.79 Å². The monoisotopic (exact) mass is 520 g/mol. The molecule has 5 heteroatoms. The highest BCUT2D eigenvalue weighted by Crippen LogP contribution is 2.60. The average molecular weight is 522 g/mol. The highest BCUT2D eigenvalue weighted by atomic mass is 79.9. The third-order valence-corrected chi connectivity index (χ3v) is 6.62. The summed E-state index contributed by atoms with van der Waals surface area (Å²) in [5.41, 5.74) is 0.817. The maximum absolute atomic E-state index is 12.8. The van der Waals surface area contributed by atoms with Crippen molar-refractivity contribution in [1.29, 1.82) is 0 Å². The van der Waals surface area contributed by atoms with Crippen molar-refractivity contribution in [2.75, 3.05) is 0 Å². The normalized spacial score (nSPS) is 20.7. The zero-order valence-electron chi connectivity index (χ0n) is 15.8. The highest BCUT2D eigenvalue weighted by Gasteiger charge is 2.61. The Morgan fingerprint density at radius 2 is 1.82 bits per heavy atom. The van der Waals surface area contributed by atoms with Crippen LogP contribution in [0.25, 0.3) is 0 Å². The van der Waals surface area contributed by atoms with Crippen molar-refractivity contribution >= 4 is 49.6 Å². The molecule has 0 spiro atoms. The number of hydrogen-bond donors (Lipinski definition) is 0. The number of benzene rings is 2. The Morgan fingerprint density at radius 1 is 1.14 bits per heavy atom. The molecule has 1 aliphatic rings. The van der Waals surface area contributed by atoms with Gasteiger partial charge in [-0.2, -0.15) is 0 Å². The molecule has 0 saturated heterocycles. The van der Waals surface area contributed by atoms with Crippen LogP contribution in [0.2, 0.25) is 0 Å². The van der Waals surface area contributed by atoms with Crippen LogP contribution in [0.1, 0.15) is 25.5 Å². The minimum absolute atomic E-state index is 0.111. The molecule has 0 aromatic heterocycles. The van der Waals surface area contributed by atoms with Gasteiger partial charge in [-0.05, 0) is 79.1 Å². The maximum Gasteiger partial charge on any atom is 0.311 e. The second-order valence-electron chi connectivity index (χ2n) is 7.36. The summed E-state index contributed by atoms with van der Waals surface area (Å²) in [7, 11) is 0. The number of halogens is 2. The lowest BCUT2D eigenvalue weighted by Crippen LogP contribution is -2.14. The Labute approximate surface area is 187 Å². The Hall–Kier alpha value is -1.30. The van der Waals surface area contributed by atoms with Gasteiger partial charge in [0.05, 0.1) is 9.31 Å². The van der Waals surface area contributed by atoms with Gasteiger partial charge < -0.3 is 4.74 Å². The van der Waals surface area contributed by atoms with Crippen molar-refractivity contribution in [2.24, 2.45) is 17.3 Å². The molecule has 2 aromatic rings. The number of rotatable bonds is 7. The van der Waals surface area contributed by atoms with E-state index in [2.05, 4.69) is 76.6 Å². The number of ether oxygens (including phenoxy) is 1. The molecule has 1 saturated carbocycles. The van der Waals surface area contributed by atoms with Crippen molar-refractivity contribution in [1.82, 2.24) is 0 Å². The SMILES string of the molecule is C=CC(OC(=O)C1C(C=C(Br)Br)C1(C)C)c1cccc(Sc2ccccc2)c1. The van der Waals surface area contributed by atoms with E-state index < -0.39 is 6.10 Å². The smallest absolute Gasteiger partial charge is 0.311 e. The van der Waals surface area contributed by atoms with Crippen LogP contribution in [0.5, 0.6) is 0 Å². The van der Waals surface area contributed by atoms with Gasteiger partial charge in [-0.3, -0.25) is 4.79 Å². The molecule has 0 amide bonds. The third-order valence-electron chi connectivity index (χ3n) is 5.09. The molecule has 2 nitrogen and oxygen atoms in total. The average Bonchev–Trinajstić information content (AvgIpc) is 3.20. The van der Waals surface area contributed by atoms with Crippen LogP contribution >= 0.6 is 43.6 Å². The molecule has 0 aliphatic heterocycles. The highest BCUT2D eigenvalue weighted by molar-refractivity contribution is 9.28. The van der Waals surface area contributed by atoms with Crippen LogP contribution in [-0.2, 0) is 9.53 Å². The predicted molar refractivity (Wildman–Crippen MR) is 123 cm³/mol. The van der Waals surface area contributed by atoms with Gasteiger partial charge in [-0.1, -0.05) is 68.6 Å². The van der Waals surface area contributed by atoms with E-state index >= 15 is 0 Å². The summed E-state index contributed by atoms with van der Waals surface area (Å²) in [5.74, 6) is -0.181. The molecule has 3 unspecified atom stereocenters. The first kappa shape index (κ1) is 21.4. The number of allylic oxidation sites excluding steroid dienone is 1. The largest absolute Gasteiger partial charge is 0.453 e. The van der Waals surface area contributed by atoms with Gasteiger partial charge in [0.1, 0.15) is 6.10 Å². The van der Waals surface area contributed by atoms with Gasteiger partial charge >= 0.3 is 5.97 Å². The van der Waals surface area contributed by atoms with Gasteiger partial charge in [0.2, 0.25) is 0 Å². The third kappa shape index (κ3) is 5.00. The zero-order chi connectivity index (χ0) is 20.3. The van der Waals surface area contributed by atoms with Crippen LogP contribution in [0.3, 0.4) is 0 Å². The van der Waals surface area contributed by atoms with Gasteiger partial charge in [-0.25, -0.2) is 0 Å². The van der Waals surface area contributed by atoms with Crippen molar-refractivity contribution in [3.05, 3.63) is 82.3 Å². The molecule has 3 rings (SSSR count). The summed E-state index contributed by atoms with van der Waals surface area (Å²) in [4.78, 5) is 15.1. The van der Waals surface area contributed by atoms with E-state index in [0.717, 1.165) is 13.9 Å². The summed E-state index contributed by atoms with van der Waals surface area (Å²) >= 11 is 8.45. The summed E-state index contributed by atoms with van der Waals surface area (Å²) < 4.78 is 6.70. The van der Waals surface area contributed by atoms with E-state index in [4.69, 9.17) is 4.74 Å². The van der Waals surface area contributed by atoms with Crippen LogP contribution < -0.4 is 0 Å². The van der Waals surface area contributed by atoms with Gasteiger partial charge in [-0.15, -0.1) is 0 Å². The first-order chi connectivity index (χ1) is 13.3.